The molecule has 9 heteroatoms. The number of sulfonamides is 1. The summed E-state index contributed by atoms with van der Waals surface area (Å²) >= 11 is 6.03. The van der Waals surface area contributed by atoms with Gasteiger partial charge in [-0.3, -0.25) is 9.10 Å². The lowest BCUT2D eigenvalue weighted by molar-refractivity contribution is -0.128. The number of fused-ring (bicyclic) bond motifs is 1. The van der Waals surface area contributed by atoms with Crippen LogP contribution in [-0.2, 0) is 14.8 Å². The summed E-state index contributed by atoms with van der Waals surface area (Å²) in [5.41, 5.74) is 1.26. The fourth-order valence-corrected chi connectivity index (χ4v) is 4.60. The topological polar surface area (TPSA) is 84.9 Å². The molecular weight excluding hydrogens is 440 g/mol. The fourth-order valence-electron chi connectivity index (χ4n) is 3.53. The van der Waals surface area contributed by atoms with Gasteiger partial charge in [0.05, 0.1) is 31.6 Å². The molecule has 31 heavy (non-hydrogen) atoms. The Morgan fingerprint density at radius 2 is 1.94 bits per heavy atom. The van der Waals surface area contributed by atoms with E-state index in [9.17, 15) is 13.2 Å². The average Bonchev–Trinajstić information content (AvgIpc) is 2.71. The van der Waals surface area contributed by atoms with Gasteiger partial charge >= 0.3 is 0 Å². The van der Waals surface area contributed by atoms with Gasteiger partial charge in [-0.1, -0.05) is 37.6 Å². The van der Waals surface area contributed by atoms with Crippen LogP contribution in [0.1, 0.15) is 31.9 Å². The summed E-state index contributed by atoms with van der Waals surface area (Å²) in [5.74, 6) is 0.977. The van der Waals surface area contributed by atoms with Gasteiger partial charge in [-0.05, 0) is 48.2 Å². The Bertz CT molecular complexity index is 1040. The minimum atomic E-state index is -3.63. The van der Waals surface area contributed by atoms with Crippen LogP contribution in [0.2, 0.25) is 5.02 Å². The van der Waals surface area contributed by atoms with Crippen molar-refractivity contribution in [1.29, 1.82) is 0 Å². The zero-order valence-corrected chi connectivity index (χ0v) is 19.5. The van der Waals surface area contributed by atoms with Gasteiger partial charge < -0.3 is 14.8 Å². The summed E-state index contributed by atoms with van der Waals surface area (Å²) in [6.07, 6.45) is 0.820. The molecule has 2 aromatic carbocycles. The standard InChI is InChI=1S/C22H27ClN2O5S/c1-14(2)11-18(15-5-8-17(29-3)9-6-15)24-22(26)21-13-25(31(4,27)28)19-12-16(23)7-10-20(19)30-21/h5-10,12,14,18,21H,11,13H2,1-4H3,(H,24,26)/t18-,21-/m1/s1. The van der Waals surface area contributed by atoms with Crippen LogP contribution in [0.15, 0.2) is 42.5 Å². The SMILES string of the molecule is COc1ccc([C@@H](CC(C)C)NC(=O)[C@H]2CN(S(C)(=O)=O)c3cc(Cl)ccc3O2)cc1. The van der Waals surface area contributed by atoms with E-state index >= 15 is 0 Å². The molecule has 1 heterocycles. The van der Waals surface area contributed by atoms with E-state index in [-0.39, 0.29) is 18.5 Å². The average molecular weight is 467 g/mol. The van der Waals surface area contributed by atoms with Gasteiger partial charge in [0.25, 0.3) is 5.91 Å². The first-order valence-corrected chi connectivity index (χ1v) is 12.2. The molecule has 0 saturated heterocycles. The first-order valence-electron chi connectivity index (χ1n) is 9.96. The van der Waals surface area contributed by atoms with Crippen molar-refractivity contribution < 1.29 is 22.7 Å². The van der Waals surface area contributed by atoms with Crippen molar-refractivity contribution in [2.45, 2.75) is 32.4 Å². The minimum Gasteiger partial charge on any atom is -0.497 e. The van der Waals surface area contributed by atoms with Crippen molar-refractivity contribution in [2.75, 3.05) is 24.2 Å². The second-order valence-electron chi connectivity index (χ2n) is 7.98. The Morgan fingerprint density at radius 3 is 2.52 bits per heavy atom. The monoisotopic (exact) mass is 466 g/mol. The van der Waals surface area contributed by atoms with Crippen LogP contribution in [0.3, 0.4) is 0 Å². The van der Waals surface area contributed by atoms with Crippen molar-refractivity contribution in [2.24, 2.45) is 5.92 Å². The molecule has 0 fully saturated rings. The molecule has 0 bridgehead atoms. The van der Waals surface area contributed by atoms with Gasteiger partial charge in [0, 0.05) is 5.02 Å². The van der Waals surface area contributed by atoms with Crippen LogP contribution in [0.5, 0.6) is 11.5 Å². The highest BCUT2D eigenvalue weighted by atomic mass is 35.5. The number of rotatable bonds is 7. The van der Waals surface area contributed by atoms with Crippen LogP contribution in [-0.4, -0.2) is 40.3 Å². The lowest BCUT2D eigenvalue weighted by atomic mass is 9.96. The first kappa shape index (κ1) is 23.2. The van der Waals surface area contributed by atoms with Crippen molar-refractivity contribution in [3.8, 4) is 11.5 Å². The van der Waals surface area contributed by atoms with E-state index in [0.29, 0.717) is 28.8 Å². The largest absolute Gasteiger partial charge is 0.497 e. The quantitative estimate of drug-likeness (QED) is 0.671. The van der Waals surface area contributed by atoms with Crippen LogP contribution in [0.4, 0.5) is 5.69 Å². The number of carbonyl (C=O) groups excluding carboxylic acids is 1. The second-order valence-corrected chi connectivity index (χ2v) is 10.3. The fraction of sp³-hybridized carbons (Fsp3) is 0.409. The van der Waals surface area contributed by atoms with Crippen LogP contribution < -0.4 is 19.1 Å². The van der Waals surface area contributed by atoms with Crippen LogP contribution in [0.25, 0.3) is 0 Å². The molecule has 0 saturated carbocycles. The lowest BCUT2D eigenvalue weighted by Gasteiger charge is -2.35. The van der Waals surface area contributed by atoms with Crippen LogP contribution in [0, 0.1) is 5.92 Å². The molecule has 168 valence electrons. The zero-order chi connectivity index (χ0) is 22.8. The summed E-state index contributed by atoms with van der Waals surface area (Å²) in [6, 6.07) is 12.0. The minimum absolute atomic E-state index is 0.130. The Hall–Kier alpha value is -2.45. The molecule has 1 aliphatic heterocycles. The van der Waals surface area contributed by atoms with E-state index in [1.165, 1.54) is 6.07 Å². The number of hydrogen-bond donors (Lipinski definition) is 1. The maximum atomic E-state index is 13.1. The van der Waals surface area contributed by atoms with Gasteiger partial charge in [-0.2, -0.15) is 0 Å². The van der Waals surface area contributed by atoms with E-state index in [2.05, 4.69) is 19.2 Å². The summed E-state index contributed by atoms with van der Waals surface area (Å²) in [5, 5.41) is 3.42. The molecule has 0 aliphatic carbocycles. The molecule has 7 nitrogen and oxygen atoms in total. The normalized spacial score (nSPS) is 17.0. The molecule has 1 aliphatic rings. The van der Waals surface area contributed by atoms with Gasteiger partial charge in [0.2, 0.25) is 10.0 Å². The predicted molar refractivity (Wildman–Crippen MR) is 121 cm³/mol. The van der Waals surface area contributed by atoms with Gasteiger partial charge in [0.1, 0.15) is 11.5 Å². The first-order chi connectivity index (χ1) is 14.6. The third-order valence-corrected chi connectivity index (χ3v) is 6.41. The third kappa shape index (κ3) is 5.62. The Kier molecular flexibility index (Phi) is 7.01. The molecular formula is C22H27ClN2O5S. The van der Waals surface area contributed by atoms with Crippen molar-refractivity contribution in [3.63, 3.8) is 0 Å². The molecule has 0 aromatic heterocycles. The number of nitrogens with zero attached hydrogens (tertiary/aromatic N) is 1. The van der Waals surface area contributed by atoms with E-state index in [0.717, 1.165) is 21.9 Å². The molecule has 2 aromatic rings. The van der Waals surface area contributed by atoms with E-state index in [4.69, 9.17) is 21.1 Å². The Morgan fingerprint density at radius 1 is 1.26 bits per heavy atom. The van der Waals surface area contributed by atoms with E-state index in [1.54, 1.807) is 19.2 Å². The summed E-state index contributed by atoms with van der Waals surface area (Å²) < 4.78 is 37.0. The van der Waals surface area contributed by atoms with Gasteiger partial charge in [-0.25, -0.2) is 8.42 Å². The Labute approximate surface area is 188 Å². The number of amides is 1. The Balaban J connectivity index is 1.85. The number of halogens is 1. The maximum Gasteiger partial charge on any atom is 0.263 e. The van der Waals surface area contributed by atoms with Crippen molar-refractivity contribution in [3.05, 3.63) is 53.1 Å². The molecule has 3 rings (SSSR count). The highest BCUT2D eigenvalue weighted by Crippen LogP contribution is 2.37. The van der Waals surface area contributed by atoms with E-state index in [1.807, 2.05) is 24.3 Å². The van der Waals surface area contributed by atoms with Gasteiger partial charge in [0.15, 0.2) is 6.10 Å². The number of anilines is 1. The molecule has 0 radical (unpaired) electrons. The van der Waals surface area contributed by atoms with Crippen molar-refractivity contribution in [1.82, 2.24) is 5.32 Å². The van der Waals surface area contributed by atoms with Crippen LogP contribution >= 0.6 is 11.6 Å². The third-order valence-electron chi connectivity index (χ3n) is 5.03. The zero-order valence-electron chi connectivity index (χ0n) is 18.0. The van der Waals surface area contributed by atoms with E-state index < -0.39 is 16.1 Å². The number of nitrogens with one attached hydrogen (secondary N) is 1. The smallest absolute Gasteiger partial charge is 0.263 e. The number of benzene rings is 2. The highest BCUT2D eigenvalue weighted by molar-refractivity contribution is 7.92. The molecule has 2 atom stereocenters. The maximum absolute atomic E-state index is 13.1. The molecule has 0 spiro atoms. The molecule has 0 unspecified atom stereocenters. The second kappa shape index (κ2) is 9.36. The summed E-state index contributed by atoms with van der Waals surface area (Å²) in [7, 11) is -2.03. The van der Waals surface area contributed by atoms with Gasteiger partial charge in [-0.15, -0.1) is 0 Å². The highest BCUT2D eigenvalue weighted by Gasteiger charge is 2.36. The summed E-state index contributed by atoms with van der Waals surface area (Å²) in [4.78, 5) is 13.1. The number of ether oxygens (including phenoxy) is 2. The number of methoxy groups -OCH3 is 1. The predicted octanol–water partition coefficient (Wildman–Crippen LogP) is 3.78. The molecule has 1 N–H and O–H groups in total. The molecule has 1 amide bonds. The number of carbonyl (C=O) groups is 1. The number of hydrogen-bond acceptors (Lipinski definition) is 5. The van der Waals surface area contributed by atoms with Crippen molar-refractivity contribution >= 4 is 33.2 Å². The summed E-state index contributed by atoms with van der Waals surface area (Å²) in [6.45, 7) is 4.02. The lowest BCUT2D eigenvalue weighted by Crippen LogP contribution is -2.51.